The Bertz CT molecular complexity index is 933. The minimum Gasteiger partial charge on any atom is -0.507 e. The summed E-state index contributed by atoms with van der Waals surface area (Å²) in [5.41, 5.74) is 4.52. The molecule has 1 aliphatic rings. The van der Waals surface area contributed by atoms with Crippen LogP contribution in [0.15, 0.2) is 41.5 Å². The summed E-state index contributed by atoms with van der Waals surface area (Å²) < 4.78 is 11.3. The number of phenolic OH excluding ortho intramolecular Hbond substituents is 1. The summed E-state index contributed by atoms with van der Waals surface area (Å²) in [7, 11) is 0. The normalized spacial score (nSPS) is 16.5. The first kappa shape index (κ1) is 21.7. The van der Waals surface area contributed by atoms with Crippen molar-refractivity contribution in [2.45, 2.75) is 58.5 Å². The fourth-order valence-electron chi connectivity index (χ4n) is 3.27. The van der Waals surface area contributed by atoms with E-state index >= 15 is 0 Å². The van der Waals surface area contributed by atoms with Gasteiger partial charge in [0, 0.05) is 11.1 Å². The molecule has 0 saturated heterocycles. The van der Waals surface area contributed by atoms with Crippen molar-refractivity contribution in [3.63, 3.8) is 0 Å². The average molecular weight is 411 g/mol. The molecule has 160 valence electrons. The highest BCUT2D eigenvalue weighted by Crippen LogP contribution is 2.39. The molecular weight excluding hydrogens is 380 g/mol. The molecule has 2 aromatic rings. The molecule has 0 bridgehead atoms. The van der Waals surface area contributed by atoms with Gasteiger partial charge in [0.25, 0.3) is 5.91 Å². The lowest BCUT2D eigenvalue weighted by molar-refractivity contribution is -0.130. The van der Waals surface area contributed by atoms with Gasteiger partial charge in [0.1, 0.15) is 12.4 Å². The highest BCUT2D eigenvalue weighted by atomic mass is 16.6. The zero-order valence-electron chi connectivity index (χ0n) is 18.4. The van der Waals surface area contributed by atoms with E-state index in [1.165, 1.54) is 0 Å². The third-order valence-corrected chi connectivity index (χ3v) is 4.94. The molecule has 1 atom stereocenters. The van der Waals surface area contributed by atoms with Crippen molar-refractivity contribution in [2.75, 3.05) is 6.61 Å². The quantitative estimate of drug-likeness (QED) is 0.585. The highest BCUT2D eigenvalue weighted by molar-refractivity contribution is 5.85. The van der Waals surface area contributed by atoms with E-state index in [9.17, 15) is 9.90 Å². The molecule has 0 saturated carbocycles. The number of hydrogen-bond donors (Lipinski definition) is 2. The second-order valence-corrected chi connectivity index (χ2v) is 9.56. The topological polar surface area (TPSA) is 80.2 Å². The molecule has 0 unspecified atom stereocenters. The first-order valence-electron chi connectivity index (χ1n) is 10.1. The number of hydrazone groups is 1. The van der Waals surface area contributed by atoms with E-state index in [1.807, 2.05) is 24.3 Å². The van der Waals surface area contributed by atoms with Crippen LogP contribution in [0, 0.1) is 0 Å². The number of ether oxygens (including phenoxy) is 2. The van der Waals surface area contributed by atoms with Gasteiger partial charge >= 0.3 is 0 Å². The van der Waals surface area contributed by atoms with Gasteiger partial charge in [-0.1, -0.05) is 53.7 Å². The predicted octanol–water partition coefficient (Wildman–Crippen LogP) is 4.28. The van der Waals surface area contributed by atoms with E-state index in [2.05, 4.69) is 52.1 Å². The molecule has 0 spiro atoms. The van der Waals surface area contributed by atoms with E-state index in [4.69, 9.17) is 9.47 Å². The number of benzene rings is 2. The number of amides is 1. The van der Waals surface area contributed by atoms with Crippen molar-refractivity contribution >= 4 is 12.1 Å². The molecule has 1 amide bonds. The Morgan fingerprint density at radius 1 is 1.07 bits per heavy atom. The van der Waals surface area contributed by atoms with Crippen molar-refractivity contribution in [2.24, 2.45) is 5.10 Å². The van der Waals surface area contributed by atoms with Crippen molar-refractivity contribution in [1.82, 2.24) is 5.43 Å². The number of nitrogens with zero attached hydrogens (tertiary/aromatic N) is 1. The van der Waals surface area contributed by atoms with Gasteiger partial charge in [-0.2, -0.15) is 5.10 Å². The molecule has 6 heteroatoms. The Morgan fingerprint density at radius 3 is 2.20 bits per heavy atom. The Morgan fingerprint density at radius 2 is 1.63 bits per heavy atom. The van der Waals surface area contributed by atoms with Crippen LogP contribution in [0.1, 0.15) is 58.2 Å². The second-order valence-electron chi connectivity index (χ2n) is 9.56. The summed E-state index contributed by atoms with van der Waals surface area (Å²) in [5.74, 6) is 1.09. The third kappa shape index (κ3) is 4.75. The molecular formula is C24H30N2O4. The molecule has 30 heavy (non-hydrogen) atoms. The summed E-state index contributed by atoms with van der Waals surface area (Å²) in [6.07, 6.45) is 0.812. The largest absolute Gasteiger partial charge is 0.507 e. The number of fused-ring (bicyclic) bond motifs is 1. The molecule has 0 fully saturated rings. The smallest absolute Gasteiger partial charge is 0.284 e. The SMILES string of the molecule is CC(C)(C)c1cc(/C=N/NC(=O)[C@@H]2COc3ccccc3O2)cc(C(C)(C)C)c1O. The number of rotatable bonds is 3. The molecule has 6 nitrogen and oxygen atoms in total. The van der Waals surface area contributed by atoms with Gasteiger partial charge in [-0.3, -0.25) is 4.79 Å². The van der Waals surface area contributed by atoms with Crippen LogP contribution in [0.5, 0.6) is 17.2 Å². The van der Waals surface area contributed by atoms with Crippen LogP contribution in [-0.4, -0.2) is 29.9 Å². The van der Waals surface area contributed by atoms with E-state index in [0.29, 0.717) is 17.2 Å². The van der Waals surface area contributed by atoms with Crippen LogP contribution in [0.25, 0.3) is 0 Å². The van der Waals surface area contributed by atoms with Crippen molar-refractivity contribution in [3.05, 3.63) is 53.1 Å². The summed E-state index contributed by atoms with van der Waals surface area (Å²) in [6.45, 7) is 12.4. The van der Waals surface area contributed by atoms with E-state index in [0.717, 1.165) is 16.7 Å². The van der Waals surface area contributed by atoms with E-state index in [-0.39, 0.29) is 23.3 Å². The second kappa shape index (κ2) is 8.01. The first-order chi connectivity index (χ1) is 14.0. The van der Waals surface area contributed by atoms with Crippen molar-refractivity contribution in [1.29, 1.82) is 0 Å². The molecule has 1 aliphatic heterocycles. The number of carbonyl (C=O) groups excluding carboxylic acids is 1. The third-order valence-electron chi connectivity index (χ3n) is 4.94. The number of phenols is 1. The minimum atomic E-state index is -0.771. The van der Waals surface area contributed by atoms with Crippen LogP contribution < -0.4 is 14.9 Å². The number of carbonyl (C=O) groups is 1. The number of para-hydroxylation sites is 2. The van der Waals surface area contributed by atoms with Crippen LogP contribution in [-0.2, 0) is 15.6 Å². The molecule has 0 aromatic heterocycles. The first-order valence-corrected chi connectivity index (χ1v) is 10.1. The van der Waals surface area contributed by atoms with Gasteiger partial charge in [-0.15, -0.1) is 0 Å². The number of aromatic hydroxyl groups is 1. The van der Waals surface area contributed by atoms with Gasteiger partial charge in [-0.25, -0.2) is 5.43 Å². The van der Waals surface area contributed by atoms with Gasteiger partial charge in [0.15, 0.2) is 11.5 Å². The molecule has 0 radical (unpaired) electrons. The van der Waals surface area contributed by atoms with Crippen LogP contribution in [0.2, 0.25) is 0 Å². The zero-order valence-corrected chi connectivity index (χ0v) is 18.4. The van der Waals surface area contributed by atoms with Crippen LogP contribution in [0.3, 0.4) is 0 Å². The summed E-state index contributed by atoms with van der Waals surface area (Å²) >= 11 is 0. The lowest BCUT2D eigenvalue weighted by Crippen LogP contribution is -2.42. The van der Waals surface area contributed by atoms with Gasteiger partial charge in [0.05, 0.1) is 6.21 Å². The van der Waals surface area contributed by atoms with Crippen LogP contribution in [0.4, 0.5) is 0 Å². The maximum Gasteiger partial charge on any atom is 0.284 e. The molecule has 1 heterocycles. The lowest BCUT2D eigenvalue weighted by Gasteiger charge is -2.27. The highest BCUT2D eigenvalue weighted by Gasteiger charge is 2.28. The standard InChI is InChI=1S/C24H30N2O4/c1-23(2,3)16-11-15(12-17(21(16)27)24(4,5)6)13-25-26-22(28)20-14-29-18-9-7-8-10-19(18)30-20/h7-13,20,27H,14H2,1-6H3,(H,26,28)/b25-13+/t20-/m0/s1. The summed E-state index contributed by atoms with van der Waals surface area (Å²) in [6, 6.07) is 11.0. The Balaban J connectivity index is 1.77. The number of nitrogens with one attached hydrogen (secondary N) is 1. The molecule has 0 aliphatic carbocycles. The van der Waals surface area contributed by atoms with Gasteiger partial charge in [-0.05, 0) is 40.7 Å². The fraction of sp³-hybridized carbons (Fsp3) is 0.417. The Hall–Kier alpha value is -3.02. The fourth-order valence-corrected chi connectivity index (χ4v) is 3.27. The predicted molar refractivity (Wildman–Crippen MR) is 118 cm³/mol. The van der Waals surface area contributed by atoms with Crippen molar-refractivity contribution in [3.8, 4) is 17.2 Å². The van der Waals surface area contributed by atoms with Gasteiger partial charge < -0.3 is 14.6 Å². The zero-order chi connectivity index (χ0) is 22.1. The van der Waals surface area contributed by atoms with Crippen molar-refractivity contribution < 1.29 is 19.4 Å². The average Bonchev–Trinajstić information content (AvgIpc) is 2.66. The van der Waals surface area contributed by atoms with Gasteiger partial charge in [0.2, 0.25) is 6.10 Å². The lowest BCUT2D eigenvalue weighted by atomic mass is 9.78. The van der Waals surface area contributed by atoms with E-state index in [1.54, 1.807) is 18.3 Å². The minimum absolute atomic E-state index is 0.125. The Kier molecular flexibility index (Phi) is 5.79. The van der Waals surface area contributed by atoms with E-state index < -0.39 is 6.10 Å². The summed E-state index contributed by atoms with van der Waals surface area (Å²) in [4.78, 5) is 12.4. The maximum atomic E-state index is 12.4. The monoisotopic (exact) mass is 410 g/mol. The molecule has 2 aromatic carbocycles. The Labute approximate surface area is 177 Å². The molecule has 2 N–H and O–H groups in total. The number of hydrogen-bond acceptors (Lipinski definition) is 5. The maximum absolute atomic E-state index is 12.4. The molecule has 3 rings (SSSR count). The summed E-state index contributed by atoms with van der Waals surface area (Å²) in [5, 5.41) is 14.9. The van der Waals surface area contributed by atoms with Crippen LogP contribution >= 0.6 is 0 Å².